The summed E-state index contributed by atoms with van der Waals surface area (Å²) < 4.78 is 0. The fourth-order valence-electron chi connectivity index (χ4n) is 0.437. The quantitative estimate of drug-likeness (QED) is 0.466. The third kappa shape index (κ3) is 6.13. The number of carbonyl (C=O) groups is 1. The fourth-order valence-corrected chi connectivity index (χ4v) is 0.700. The van der Waals surface area contributed by atoms with Gasteiger partial charge in [0, 0.05) is 12.3 Å². The zero-order valence-electron chi connectivity index (χ0n) is 5.36. The molecule has 0 saturated carbocycles. The number of hydrogen-bond donors (Lipinski definition) is 0. The van der Waals surface area contributed by atoms with Crippen molar-refractivity contribution in [1.29, 1.82) is 0 Å². The van der Waals surface area contributed by atoms with Gasteiger partial charge in [-0.05, 0) is 23.9 Å². The first-order valence-electron chi connectivity index (χ1n) is 2.91. The minimum Gasteiger partial charge on any atom is -0.281 e. The molecule has 0 amide bonds. The average Bonchev–Trinajstić information content (AvgIpc) is 1.83. The number of alkyl halides is 1. The maximum Gasteiger partial charge on any atom is 0.221 e. The molecule has 1 nitrogen and oxygen atoms in total. The zero-order valence-corrected chi connectivity index (χ0v) is 6.87. The van der Waals surface area contributed by atoms with Gasteiger partial charge in [0.2, 0.25) is 5.24 Å². The molecule has 54 valence electrons. The smallest absolute Gasteiger partial charge is 0.221 e. The second kappa shape index (κ2) is 5.07. The van der Waals surface area contributed by atoms with Crippen LogP contribution in [-0.4, -0.2) is 11.1 Å². The van der Waals surface area contributed by atoms with Gasteiger partial charge >= 0.3 is 0 Å². The van der Waals surface area contributed by atoms with Crippen LogP contribution in [0.25, 0.3) is 0 Å². The third-order valence-electron chi connectivity index (χ3n) is 1.10. The standard InChI is InChI=1S/C6H10Cl2O/c1-5(4-7)2-3-6(8)9/h5H,2-4H2,1H3/t5-/m0/s1. The average molecular weight is 169 g/mol. The molecule has 0 aromatic carbocycles. The van der Waals surface area contributed by atoms with Crippen LogP contribution in [0.15, 0.2) is 0 Å². The van der Waals surface area contributed by atoms with Gasteiger partial charge in [-0.1, -0.05) is 6.92 Å². The second-order valence-electron chi connectivity index (χ2n) is 2.15. The highest BCUT2D eigenvalue weighted by atomic mass is 35.5. The SMILES string of the molecule is C[C@H](CCl)CCC(=O)Cl. The maximum atomic E-state index is 10.2. The molecule has 0 radical (unpaired) electrons. The normalized spacial score (nSPS) is 13.2. The molecule has 0 fully saturated rings. The molecule has 0 heterocycles. The first kappa shape index (κ1) is 9.25. The summed E-state index contributed by atoms with van der Waals surface area (Å²) in [5.74, 6) is 0.999. The largest absolute Gasteiger partial charge is 0.281 e. The van der Waals surface area contributed by atoms with Crippen LogP contribution in [0.2, 0.25) is 0 Å². The van der Waals surface area contributed by atoms with Gasteiger partial charge in [0.15, 0.2) is 0 Å². The van der Waals surface area contributed by atoms with Crippen molar-refractivity contribution < 1.29 is 4.79 Å². The van der Waals surface area contributed by atoms with E-state index in [9.17, 15) is 4.79 Å². The van der Waals surface area contributed by atoms with Crippen molar-refractivity contribution in [3.63, 3.8) is 0 Å². The summed E-state index contributed by atoms with van der Waals surface area (Å²) in [5.41, 5.74) is 0. The zero-order chi connectivity index (χ0) is 7.28. The Balaban J connectivity index is 3.16. The van der Waals surface area contributed by atoms with Gasteiger partial charge < -0.3 is 0 Å². The number of carbonyl (C=O) groups excluding carboxylic acids is 1. The Kier molecular flexibility index (Phi) is 5.21. The van der Waals surface area contributed by atoms with Gasteiger partial charge in [0.1, 0.15) is 0 Å². The molecule has 0 N–H and O–H groups in total. The Hall–Kier alpha value is 0.250. The molecule has 0 aromatic heterocycles. The van der Waals surface area contributed by atoms with Gasteiger partial charge in [0.25, 0.3) is 0 Å². The van der Waals surface area contributed by atoms with E-state index >= 15 is 0 Å². The topological polar surface area (TPSA) is 17.1 Å². The third-order valence-corrected chi connectivity index (χ3v) is 1.81. The van der Waals surface area contributed by atoms with E-state index < -0.39 is 0 Å². The van der Waals surface area contributed by atoms with E-state index in [-0.39, 0.29) is 5.24 Å². The van der Waals surface area contributed by atoms with E-state index in [2.05, 4.69) is 0 Å². The van der Waals surface area contributed by atoms with E-state index in [1.165, 1.54) is 0 Å². The highest BCUT2D eigenvalue weighted by Gasteiger charge is 2.01. The molecular formula is C6H10Cl2O. The van der Waals surface area contributed by atoms with Gasteiger partial charge in [-0.15, -0.1) is 11.6 Å². The number of hydrogen-bond acceptors (Lipinski definition) is 1. The van der Waals surface area contributed by atoms with Crippen LogP contribution in [0.3, 0.4) is 0 Å². The van der Waals surface area contributed by atoms with Crippen LogP contribution in [0.5, 0.6) is 0 Å². The molecule has 0 aliphatic heterocycles. The van der Waals surface area contributed by atoms with E-state index in [1.807, 2.05) is 6.92 Å². The Bertz CT molecular complexity index is 93.1. The van der Waals surface area contributed by atoms with Crippen molar-refractivity contribution in [1.82, 2.24) is 0 Å². The van der Waals surface area contributed by atoms with Crippen LogP contribution in [0, 0.1) is 5.92 Å². The predicted molar refractivity (Wildman–Crippen MR) is 40.0 cm³/mol. The monoisotopic (exact) mass is 168 g/mol. The van der Waals surface area contributed by atoms with E-state index in [4.69, 9.17) is 23.2 Å². The lowest BCUT2D eigenvalue weighted by atomic mass is 10.1. The Morgan fingerprint density at radius 3 is 2.56 bits per heavy atom. The van der Waals surface area contributed by atoms with Gasteiger partial charge in [-0.2, -0.15) is 0 Å². The summed E-state index contributed by atoms with van der Waals surface area (Å²) in [6.07, 6.45) is 1.24. The maximum absolute atomic E-state index is 10.2. The molecule has 9 heavy (non-hydrogen) atoms. The molecule has 0 rings (SSSR count). The minimum atomic E-state index is -0.271. The van der Waals surface area contributed by atoms with Crippen LogP contribution >= 0.6 is 23.2 Å². The second-order valence-corrected chi connectivity index (χ2v) is 2.88. The van der Waals surface area contributed by atoms with Crippen molar-refractivity contribution in [2.45, 2.75) is 19.8 Å². The molecule has 0 aliphatic rings. The number of rotatable bonds is 4. The van der Waals surface area contributed by atoms with Crippen molar-refractivity contribution in [3.8, 4) is 0 Å². The van der Waals surface area contributed by atoms with Crippen LogP contribution in [-0.2, 0) is 4.79 Å². The Morgan fingerprint density at radius 2 is 2.22 bits per heavy atom. The molecule has 3 heteroatoms. The molecule has 0 aliphatic carbocycles. The van der Waals surface area contributed by atoms with Crippen molar-refractivity contribution in [2.75, 3.05) is 5.88 Å². The lowest BCUT2D eigenvalue weighted by molar-refractivity contribution is -0.111. The first-order chi connectivity index (χ1) is 4.16. The number of halogens is 2. The summed E-state index contributed by atoms with van der Waals surface area (Å²) in [7, 11) is 0. The molecule has 0 bridgehead atoms. The molecular weight excluding hydrogens is 159 g/mol. The molecule has 0 saturated heterocycles. The van der Waals surface area contributed by atoms with Crippen molar-refractivity contribution >= 4 is 28.4 Å². The summed E-state index contributed by atoms with van der Waals surface area (Å²) in [4.78, 5) is 10.2. The lowest BCUT2D eigenvalue weighted by Crippen LogP contribution is -1.98. The predicted octanol–water partition coefficient (Wildman–Crippen LogP) is 2.41. The summed E-state index contributed by atoms with van der Waals surface area (Å²) in [6, 6.07) is 0. The van der Waals surface area contributed by atoms with E-state index in [0.29, 0.717) is 18.2 Å². The molecule has 1 atom stereocenters. The van der Waals surface area contributed by atoms with Crippen molar-refractivity contribution in [2.24, 2.45) is 5.92 Å². The van der Waals surface area contributed by atoms with E-state index in [0.717, 1.165) is 6.42 Å². The highest BCUT2D eigenvalue weighted by Crippen LogP contribution is 2.08. The summed E-state index contributed by atoms with van der Waals surface area (Å²) in [6.45, 7) is 1.99. The minimum absolute atomic E-state index is 0.271. The van der Waals surface area contributed by atoms with Crippen molar-refractivity contribution in [3.05, 3.63) is 0 Å². The highest BCUT2D eigenvalue weighted by molar-refractivity contribution is 6.63. The molecule has 0 aromatic rings. The fraction of sp³-hybridized carbons (Fsp3) is 0.833. The van der Waals surface area contributed by atoms with Crippen LogP contribution < -0.4 is 0 Å². The summed E-state index contributed by atoms with van der Waals surface area (Å²) >= 11 is 10.6. The van der Waals surface area contributed by atoms with Gasteiger partial charge in [-0.25, -0.2) is 0 Å². The van der Waals surface area contributed by atoms with Gasteiger partial charge in [0.05, 0.1) is 0 Å². The molecule has 0 unspecified atom stereocenters. The van der Waals surface area contributed by atoms with Crippen LogP contribution in [0.1, 0.15) is 19.8 Å². The van der Waals surface area contributed by atoms with Gasteiger partial charge in [-0.3, -0.25) is 4.79 Å². The van der Waals surface area contributed by atoms with Crippen LogP contribution in [0.4, 0.5) is 0 Å². The Morgan fingerprint density at radius 1 is 1.67 bits per heavy atom. The molecule has 0 spiro atoms. The Labute approximate surface area is 65.3 Å². The lowest BCUT2D eigenvalue weighted by Gasteiger charge is -2.01. The summed E-state index contributed by atoms with van der Waals surface area (Å²) in [5, 5.41) is -0.271. The first-order valence-corrected chi connectivity index (χ1v) is 3.82. The van der Waals surface area contributed by atoms with E-state index in [1.54, 1.807) is 0 Å².